The summed E-state index contributed by atoms with van der Waals surface area (Å²) < 4.78 is 0. The molecule has 0 saturated heterocycles. The Hall–Kier alpha value is -3.13. The van der Waals surface area contributed by atoms with Gasteiger partial charge in [-0.25, -0.2) is 0 Å². The van der Waals surface area contributed by atoms with Gasteiger partial charge in [0.15, 0.2) is 5.75 Å². The number of amides is 2. The van der Waals surface area contributed by atoms with Crippen molar-refractivity contribution in [3.63, 3.8) is 0 Å². The van der Waals surface area contributed by atoms with Gasteiger partial charge in [-0.1, -0.05) is 44.2 Å². The van der Waals surface area contributed by atoms with Crippen LogP contribution in [0.25, 0.3) is 0 Å². The molecule has 8 heteroatoms. The fourth-order valence-corrected chi connectivity index (χ4v) is 2.66. The molecule has 2 rings (SSSR count). The largest absolute Gasteiger partial charge is 0.503 e. The fraction of sp³-hybridized carbons (Fsp3) is 0.350. The van der Waals surface area contributed by atoms with Crippen LogP contribution >= 0.6 is 0 Å². The molecule has 0 radical (unpaired) electrons. The van der Waals surface area contributed by atoms with Crippen molar-refractivity contribution in [3.8, 4) is 5.75 Å². The smallest absolute Gasteiger partial charge is 0.243 e. The van der Waals surface area contributed by atoms with Crippen molar-refractivity contribution in [2.75, 3.05) is 0 Å². The van der Waals surface area contributed by atoms with Crippen LogP contribution < -0.4 is 21.8 Å². The lowest BCUT2D eigenvalue weighted by Gasteiger charge is -2.23. The van der Waals surface area contributed by atoms with Crippen molar-refractivity contribution in [2.45, 2.75) is 38.9 Å². The predicted molar refractivity (Wildman–Crippen MR) is 105 cm³/mol. The summed E-state index contributed by atoms with van der Waals surface area (Å²) in [4.78, 5) is 39.1. The molecule has 1 aromatic carbocycles. The van der Waals surface area contributed by atoms with Crippen molar-refractivity contribution >= 4 is 11.8 Å². The Morgan fingerprint density at radius 1 is 1.18 bits per heavy atom. The number of nitrogens with two attached hydrogens (primary N) is 1. The molecule has 0 spiro atoms. The molecular formula is C20H26N4O4. The maximum atomic E-state index is 12.5. The summed E-state index contributed by atoms with van der Waals surface area (Å²) in [5, 5.41) is 14.6. The van der Waals surface area contributed by atoms with Crippen molar-refractivity contribution in [1.29, 1.82) is 0 Å². The van der Waals surface area contributed by atoms with Gasteiger partial charge < -0.3 is 26.5 Å². The first-order valence-corrected chi connectivity index (χ1v) is 9.06. The average molecular weight is 386 g/mol. The number of H-pyrrole nitrogens is 1. The first-order valence-electron chi connectivity index (χ1n) is 9.06. The van der Waals surface area contributed by atoms with Crippen LogP contribution in [-0.4, -0.2) is 34.0 Å². The van der Waals surface area contributed by atoms with E-state index in [-0.39, 0.29) is 18.4 Å². The van der Waals surface area contributed by atoms with Crippen LogP contribution in [0.4, 0.5) is 0 Å². The Morgan fingerprint density at radius 3 is 2.46 bits per heavy atom. The van der Waals surface area contributed by atoms with E-state index in [2.05, 4.69) is 15.6 Å². The molecule has 0 unspecified atom stereocenters. The molecule has 2 aromatic rings. The molecule has 1 aromatic heterocycles. The van der Waals surface area contributed by atoms with Gasteiger partial charge in [0, 0.05) is 18.0 Å². The number of carbonyl (C=O) groups is 2. The van der Waals surface area contributed by atoms with Crippen molar-refractivity contribution in [1.82, 2.24) is 15.6 Å². The van der Waals surface area contributed by atoms with Crippen molar-refractivity contribution in [2.24, 2.45) is 11.7 Å². The number of aromatic nitrogens is 1. The SMILES string of the molecule is CC(C)[C@H](NC(=O)[C@@H](N)Cc1ccccc1)C(=O)NCc1cc(=O)c(O)c[nH]1. The number of rotatable bonds is 8. The minimum absolute atomic E-state index is 0.0590. The van der Waals surface area contributed by atoms with E-state index in [1.54, 1.807) is 0 Å². The van der Waals surface area contributed by atoms with E-state index in [1.165, 1.54) is 6.07 Å². The molecule has 0 bridgehead atoms. The van der Waals surface area contributed by atoms with Crippen LogP contribution in [0.5, 0.6) is 5.75 Å². The van der Waals surface area contributed by atoms with E-state index < -0.39 is 29.2 Å². The number of aromatic hydroxyl groups is 1. The van der Waals surface area contributed by atoms with E-state index in [0.717, 1.165) is 11.8 Å². The normalized spacial score (nSPS) is 13.0. The van der Waals surface area contributed by atoms with E-state index in [4.69, 9.17) is 5.73 Å². The second kappa shape index (κ2) is 9.70. The van der Waals surface area contributed by atoms with Gasteiger partial charge in [0.25, 0.3) is 0 Å². The Morgan fingerprint density at radius 2 is 1.86 bits per heavy atom. The monoisotopic (exact) mass is 386 g/mol. The number of hydrogen-bond acceptors (Lipinski definition) is 5. The summed E-state index contributed by atoms with van der Waals surface area (Å²) in [7, 11) is 0. The third kappa shape index (κ3) is 5.95. The molecule has 0 aliphatic heterocycles. The zero-order valence-corrected chi connectivity index (χ0v) is 15.9. The zero-order valence-electron chi connectivity index (χ0n) is 15.9. The summed E-state index contributed by atoms with van der Waals surface area (Å²) in [6, 6.07) is 9.07. The molecule has 0 fully saturated rings. The number of hydrogen-bond donors (Lipinski definition) is 5. The van der Waals surface area contributed by atoms with Gasteiger partial charge >= 0.3 is 0 Å². The number of pyridine rings is 1. The van der Waals surface area contributed by atoms with Crippen LogP contribution in [-0.2, 0) is 22.6 Å². The summed E-state index contributed by atoms with van der Waals surface area (Å²) >= 11 is 0. The van der Waals surface area contributed by atoms with Gasteiger partial charge in [-0.05, 0) is 17.9 Å². The maximum absolute atomic E-state index is 12.5. The minimum Gasteiger partial charge on any atom is -0.503 e. The third-order valence-electron chi connectivity index (χ3n) is 4.29. The second-order valence-electron chi connectivity index (χ2n) is 6.95. The molecule has 6 N–H and O–H groups in total. The predicted octanol–water partition coefficient (Wildman–Crippen LogP) is 0.408. The molecule has 2 amide bonds. The summed E-state index contributed by atoms with van der Waals surface area (Å²) in [5.41, 5.74) is 6.82. The van der Waals surface area contributed by atoms with Gasteiger partial charge in [-0.15, -0.1) is 0 Å². The lowest BCUT2D eigenvalue weighted by Crippen LogP contribution is -2.54. The van der Waals surface area contributed by atoms with Gasteiger partial charge in [0.2, 0.25) is 17.2 Å². The molecule has 0 aliphatic rings. The Bertz CT molecular complexity index is 864. The minimum atomic E-state index is -0.773. The Kier molecular flexibility index (Phi) is 7.34. The number of benzene rings is 1. The van der Waals surface area contributed by atoms with Crippen molar-refractivity contribution < 1.29 is 14.7 Å². The molecule has 28 heavy (non-hydrogen) atoms. The second-order valence-corrected chi connectivity index (χ2v) is 6.95. The van der Waals surface area contributed by atoms with Crippen LogP contribution in [0.1, 0.15) is 25.1 Å². The molecule has 1 heterocycles. The molecule has 150 valence electrons. The Labute approximate surface area is 163 Å². The van der Waals surface area contributed by atoms with E-state index in [1.807, 2.05) is 44.2 Å². The first-order chi connectivity index (χ1) is 13.3. The average Bonchev–Trinajstić information content (AvgIpc) is 2.67. The number of carbonyl (C=O) groups excluding carboxylic acids is 2. The highest BCUT2D eigenvalue weighted by molar-refractivity contribution is 5.90. The highest BCUT2D eigenvalue weighted by Gasteiger charge is 2.26. The lowest BCUT2D eigenvalue weighted by atomic mass is 10.0. The highest BCUT2D eigenvalue weighted by Crippen LogP contribution is 2.06. The molecular weight excluding hydrogens is 360 g/mol. The van der Waals surface area contributed by atoms with E-state index in [9.17, 15) is 19.5 Å². The topological polar surface area (TPSA) is 137 Å². The van der Waals surface area contributed by atoms with E-state index >= 15 is 0 Å². The quantitative estimate of drug-likeness (QED) is 0.447. The van der Waals surface area contributed by atoms with Crippen LogP contribution in [0, 0.1) is 5.92 Å². The van der Waals surface area contributed by atoms with E-state index in [0.29, 0.717) is 12.1 Å². The zero-order chi connectivity index (χ0) is 20.7. The number of nitrogens with one attached hydrogen (secondary N) is 3. The summed E-state index contributed by atoms with van der Waals surface area (Å²) in [5.74, 6) is -1.35. The van der Waals surface area contributed by atoms with Crippen molar-refractivity contribution in [3.05, 3.63) is 64.1 Å². The summed E-state index contributed by atoms with van der Waals surface area (Å²) in [6.45, 7) is 3.69. The highest BCUT2D eigenvalue weighted by atomic mass is 16.3. The third-order valence-corrected chi connectivity index (χ3v) is 4.29. The summed E-state index contributed by atoms with van der Waals surface area (Å²) in [6.07, 6.45) is 1.53. The first kappa shape index (κ1) is 21.2. The van der Waals surface area contributed by atoms with Gasteiger partial charge in [-0.3, -0.25) is 14.4 Å². The van der Waals surface area contributed by atoms with Crippen LogP contribution in [0.15, 0.2) is 47.4 Å². The lowest BCUT2D eigenvalue weighted by molar-refractivity contribution is -0.130. The molecule has 2 atom stereocenters. The standard InChI is InChI=1S/C20H26N4O4/c1-12(2)18(20(28)23-10-14-9-16(25)17(26)11-22-14)24-19(27)15(21)8-13-6-4-3-5-7-13/h3-7,9,11-12,15,18,26H,8,10,21H2,1-2H3,(H,22,25)(H,23,28)(H,24,27)/t15-,18-/m0/s1. The van der Waals surface area contributed by atoms with Crippen LogP contribution in [0.3, 0.4) is 0 Å². The van der Waals surface area contributed by atoms with Gasteiger partial charge in [-0.2, -0.15) is 0 Å². The molecule has 8 nitrogen and oxygen atoms in total. The molecule has 0 aliphatic carbocycles. The van der Waals surface area contributed by atoms with Gasteiger partial charge in [0.05, 0.1) is 12.6 Å². The fourth-order valence-electron chi connectivity index (χ4n) is 2.66. The Balaban J connectivity index is 1.95. The van der Waals surface area contributed by atoms with Gasteiger partial charge in [0.1, 0.15) is 6.04 Å². The molecule has 0 saturated carbocycles. The van der Waals surface area contributed by atoms with Crippen LogP contribution in [0.2, 0.25) is 0 Å². The maximum Gasteiger partial charge on any atom is 0.243 e. The number of aromatic amines is 1.